The molecule has 20 heavy (non-hydrogen) atoms. The van der Waals surface area contributed by atoms with E-state index in [0.717, 1.165) is 0 Å². The van der Waals surface area contributed by atoms with Crippen LogP contribution in [0.3, 0.4) is 0 Å². The zero-order valence-corrected chi connectivity index (χ0v) is 13.1. The van der Waals surface area contributed by atoms with Crippen molar-refractivity contribution in [2.45, 2.75) is 38.9 Å². The molecule has 1 fully saturated rings. The SMILES string of the molecule is COC(=O)c1ccccc1B1OC(C)(C)C(C)(C)O1.[Ar]. The molecule has 0 bridgehead atoms. The first-order valence-corrected chi connectivity index (χ1v) is 6.31. The van der Waals surface area contributed by atoms with Gasteiger partial charge < -0.3 is 14.0 Å². The van der Waals surface area contributed by atoms with Crippen LogP contribution in [0.5, 0.6) is 0 Å². The molecular formula is C14H19ArBO4. The fourth-order valence-electron chi connectivity index (χ4n) is 1.97. The molecule has 1 aliphatic heterocycles. The monoisotopic (exact) mass is 302 g/mol. The maximum Gasteiger partial charge on any atom is 0.495 e. The molecule has 0 amide bonds. The first kappa shape index (κ1) is 18.0. The van der Waals surface area contributed by atoms with E-state index in [1.54, 1.807) is 12.1 Å². The Balaban J connectivity index is 0.00000200. The summed E-state index contributed by atoms with van der Waals surface area (Å²) in [6.07, 6.45) is 0. The van der Waals surface area contributed by atoms with E-state index in [2.05, 4.69) is 0 Å². The van der Waals surface area contributed by atoms with Crippen LogP contribution in [-0.2, 0) is 14.0 Å². The molecule has 0 atom stereocenters. The molecule has 0 spiro atoms. The van der Waals surface area contributed by atoms with Crippen LogP contribution in [0.1, 0.15) is 38.1 Å². The molecule has 1 aromatic rings. The summed E-state index contributed by atoms with van der Waals surface area (Å²) in [5, 5.41) is 0. The van der Waals surface area contributed by atoms with Gasteiger partial charge in [0.05, 0.1) is 23.9 Å². The van der Waals surface area contributed by atoms with E-state index in [1.165, 1.54) is 7.11 Å². The van der Waals surface area contributed by atoms with Crippen molar-refractivity contribution in [3.05, 3.63) is 29.8 Å². The van der Waals surface area contributed by atoms with Crippen molar-refractivity contribution in [1.82, 2.24) is 0 Å². The Morgan fingerprint density at radius 2 is 1.60 bits per heavy atom. The summed E-state index contributed by atoms with van der Waals surface area (Å²) in [6, 6.07) is 7.19. The Morgan fingerprint density at radius 3 is 2.10 bits per heavy atom. The van der Waals surface area contributed by atoms with Gasteiger partial charge in [-0.05, 0) is 39.2 Å². The normalized spacial score (nSPS) is 19.4. The minimum Gasteiger partial charge on any atom is -0.465 e. The first-order valence-electron chi connectivity index (χ1n) is 6.31. The minimum absolute atomic E-state index is 0. The van der Waals surface area contributed by atoms with Gasteiger partial charge in [0.25, 0.3) is 0 Å². The zero-order valence-electron chi connectivity index (χ0n) is 12.4. The number of hydrogen-bond acceptors (Lipinski definition) is 4. The number of ether oxygens (including phenoxy) is 1. The zero-order chi connectivity index (χ0) is 14.3. The average Bonchev–Trinajstić information content (AvgIpc) is 2.57. The summed E-state index contributed by atoms with van der Waals surface area (Å²) >= 11 is 0. The fourth-order valence-corrected chi connectivity index (χ4v) is 1.97. The van der Waals surface area contributed by atoms with E-state index in [-0.39, 0.29) is 43.7 Å². The van der Waals surface area contributed by atoms with Gasteiger partial charge in [-0.1, -0.05) is 18.2 Å². The third kappa shape index (κ3) is 3.23. The predicted octanol–water partition coefficient (Wildman–Crippen LogP) is 1.77. The van der Waals surface area contributed by atoms with Crippen LogP contribution in [0.2, 0.25) is 0 Å². The third-order valence-corrected chi connectivity index (χ3v) is 3.87. The predicted molar refractivity (Wildman–Crippen MR) is 73.5 cm³/mol. The number of carbonyl (C=O) groups excluding carboxylic acids is 1. The van der Waals surface area contributed by atoms with Crippen LogP contribution < -0.4 is 5.46 Å². The van der Waals surface area contributed by atoms with Gasteiger partial charge in [0.1, 0.15) is 0 Å². The summed E-state index contributed by atoms with van der Waals surface area (Å²) in [6.45, 7) is 7.92. The molecule has 0 unspecified atom stereocenters. The van der Waals surface area contributed by atoms with E-state index in [1.807, 2.05) is 39.8 Å². The van der Waals surface area contributed by atoms with Crippen LogP contribution in [0.25, 0.3) is 0 Å². The molecule has 1 aliphatic rings. The smallest absolute Gasteiger partial charge is 0.465 e. The van der Waals surface area contributed by atoms with Gasteiger partial charge in [-0.3, -0.25) is 0 Å². The Kier molecular flexibility index (Phi) is 5.72. The van der Waals surface area contributed by atoms with E-state index < -0.39 is 18.3 Å². The van der Waals surface area contributed by atoms with Crippen LogP contribution in [0.4, 0.5) is 0 Å². The van der Waals surface area contributed by atoms with Gasteiger partial charge in [0.15, 0.2) is 0 Å². The maximum atomic E-state index is 11.8. The molecule has 6 heteroatoms. The molecule has 0 saturated carbocycles. The molecule has 1 aromatic carbocycles. The molecule has 110 valence electrons. The Hall–Kier alpha value is -0.0653. The largest absolute Gasteiger partial charge is 0.495 e. The standard InChI is InChI=1S/C14H19BO4.Ar/c1-13(2)14(3,4)19-15(18-13)11-9-7-6-8-10(11)12(16)17-5;/h6-9H,1-5H3;. The van der Waals surface area contributed by atoms with Gasteiger partial charge in [0, 0.05) is 37.7 Å². The Bertz CT molecular complexity index is 486. The number of rotatable bonds is 2. The molecular weight excluding hydrogens is 283 g/mol. The van der Waals surface area contributed by atoms with Gasteiger partial charge in [0.2, 0.25) is 0 Å². The second kappa shape index (κ2) is 6.36. The number of carbonyl (C=O) groups is 1. The second-order valence-electron chi connectivity index (χ2n) is 5.67. The number of benzene rings is 1. The number of esters is 1. The summed E-state index contributed by atoms with van der Waals surface area (Å²) in [5.41, 5.74) is 0.318. The summed E-state index contributed by atoms with van der Waals surface area (Å²) in [7, 11) is 0.809. The molecule has 0 N–H and O–H groups in total. The van der Waals surface area contributed by atoms with Crippen molar-refractivity contribution in [1.29, 1.82) is 0 Å². The van der Waals surface area contributed by atoms with Crippen molar-refractivity contribution >= 4 is 18.6 Å². The third-order valence-electron chi connectivity index (χ3n) is 3.87. The van der Waals surface area contributed by atoms with Crippen molar-refractivity contribution in [2.75, 3.05) is 7.11 Å². The van der Waals surface area contributed by atoms with E-state index >= 15 is 0 Å². The number of methoxy groups -OCH3 is 1. The summed E-state index contributed by atoms with van der Waals surface area (Å²) in [5.74, 6) is -0.384. The number of hydrogen-bond donors (Lipinski definition) is 0. The first-order chi connectivity index (χ1) is 8.78. The summed E-state index contributed by atoms with van der Waals surface area (Å²) < 4.78 is 16.7. The van der Waals surface area contributed by atoms with Gasteiger partial charge >= 0.3 is 13.1 Å². The van der Waals surface area contributed by atoms with Crippen molar-refractivity contribution in [2.24, 2.45) is 0 Å². The molecule has 4 nitrogen and oxygen atoms in total. The van der Waals surface area contributed by atoms with Gasteiger partial charge in [-0.15, -0.1) is 0 Å². The Labute approximate surface area is 150 Å². The topological polar surface area (TPSA) is 44.8 Å². The van der Waals surface area contributed by atoms with Gasteiger partial charge in [-0.25, -0.2) is 4.79 Å². The van der Waals surface area contributed by atoms with E-state index in [4.69, 9.17) is 14.0 Å². The second-order valence-corrected chi connectivity index (χ2v) is 5.67. The molecule has 2 rings (SSSR count). The molecule has 0 radical (unpaired) electrons. The molecule has 1 saturated heterocycles. The quantitative estimate of drug-likeness (QED) is 0.617. The maximum absolute atomic E-state index is 11.8. The van der Waals surface area contributed by atoms with Crippen molar-refractivity contribution in [3.63, 3.8) is 0 Å². The van der Waals surface area contributed by atoms with Crippen LogP contribution in [0, 0.1) is 37.7 Å². The molecule has 0 aliphatic carbocycles. The van der Waals surface area contributed by atoms with Crippen molar-refractivity contribution < 1.29 is 56.6 Å². The van der Waals surface area contributed by atoms with E-state index in [9.17, 15) is 4.79 Å². The van der Waals surface area contributed by atoms with E-state index in [0.29, 0.717) is 11.0 Å². The average molecular weight is 302 g/mol. The fraction of sp³-hybridized carbons (Fsp3) is 0.500. The molecule has 0 aromatic heterocycles. The summed E-state index contributed by atoms with van der Waals surface area (Å²) in [4.78, 5) is 11.8. The van der Waals surface area contributed by atoms with Crippen LogP contribution >= 0.6 is 0 Å². The molecule has 1 heterocycles. The van der Waals surface area contributed by atoms with Crippen molar-refractivity contribution in [3.8, 4) is 0 Å². The van der Waals surface area contributed by atoms with Crippen LogP contribution in [-0.4, -0.2) is 31.4 Å². The Morgan fingerprint density at radius 1 is 1.10 bits per heavy atom. The minimum atomic E-state index is -0.555. The van der Waals surface area contributed by atoms with Crippen LogP contribution in [0.15, 0.2) is 24.3 Å². The van der Waals surface area contributed by atoms with Gasteiger partial charge in [-0.2, -0.15) is 0 Å².